The van der Waals surface area contributed by atoms with Gasteiger partial charge in [-0.3, -0.25) is 4.79 Å². The molecule has 0 unspecified atom stereocenters. The van der Waals surface area contributed by atoms with Crippen molar-refractivity contribution in [1.29, 1.82) is 5.26 Å². The highest BCUT2D eigenvalue weighted by atomic mass is 32.2. The molecule has 0 aromatic heterocycles. The average Bonchev–Trinajstić information content (AvgIpc) is 2.60. The molecule has 0 atom stereocenters. The van der Waals surface area contributed by atoms with Crippen LogP contribution in [0.15, 0.2) is 53.4 Å². The van der Waals surface area contributed by atoms with Gasteiger partial charge in [-0.15, -0.1) is 0 Å². The fourth-order valence-electron chi connectivity index (χ4n) is 1.86. The molecular weight excluding hydrogens is 354 g/mol. The van der Waals surface area contributed by atoms with Gasteiger partial charge in [-0.1, -0.05) is 12.1 Å². The summed E-state index contributed by atoms with van der Waals surface area (Å²) in [5.41, 5.74) is 0.493. The Morgan fingerprint density at radius 1 is 1.16 bits per heavy atom. The van der Waals surface area contributed by atoms with Crippen LogP contribution in [0.2, 0.25) is 0 Å². The molecule has 1 amide bonds. The lowest BCUT2D eigenvalue weighted by Gasteiger charge is -2.09. The average molecular weight is 366 g/mol. The lowest BCUT2D eigenvalue weighted by atomic mass is 10.2. The van der Waals surface area contributed by atoms with Crippen LogP contribution in [0.5, 0.6) is 5.75 Å². The van der Waals surface area contributed by atoms with E-state index in [1.165, 1.54) is 24.3 Å². The normalized spacial score (nSPS) is 11.0. The molecule has 2 rings (SSSR count). The fourth-order valence-corrected chi connectivity index (χ4v) is 2.58. The molecule has 1 N–H and O–H groups in total. The van der Waals surface area contributed by atoms with E-state index in [9.17, 15) is 22.0 Å². The number of alkyl halides is 2. The first-order valence-electron chi connectivity index (χ1n) is 6.88. The number of para-hydroxylation sites is 1. The molecule has 25 heavy (non-hydrogen) atoms. The number of anilines is 1. The first-order valence-corrected chi connectivity index (χ1v) is 8.43. The maximum Gasteiger partial charge on any atom is 0.341 e. The quantitative estimate of drug-likeness (QED) is 0.848. The predicted molar refractivity (Wildman–Crippen MR) is 84.9 cm³/mol. The van der Waals surface area contributed by atoms with Gasteiger partial charge in [-0.2, -0.15) is 14.0 Å². The van der Waals surface area contributed by atoms with Gasteiger partial charge in [-0.25, -0.2) is 8.42 Å². The van der Waals surface area contributed by atoms with Crippen LogP contribution in [0.3, 0.4) is 0 Å². The van der Waals surface area contributed by atoms with Crippen LogP contribution in [0.25, 0.3) is 0 Å². The van der Waals surface area contributed by atoms with E-state index in [4.69, 9.17) is 10.00 Å². The Morgan fingerprint density at radius 2 is 1.80 bits per heavy atom. The number of halogens is 2. The lowest BCUT2D eigenvalue weighted by Crippen LogP contribution is -2.20. The van der Waals surface area contributed by atoms with Crippen LogP contribution in [-0.4, -0.2) is 26.7 Å². The van der Waals surface area contributed by atoms with Gasteiger partial charge < -0.3 is 10.1 Å². The first kappa shape index (κ1) is 18.4. The molecule has 0 fully saturated rings. The van der Waals surface area contributed by atoms with Crippen LogP contribution in [0.4, 0.5) is 14.5 Å². The smallest absolute Gasteiger partial charge is 0.341 e. The third kappa shape index (κ3) is 4.51. The van der Waals surface area contributed by atoms with Crippen molar-refractivity contribution in [2.75, 3.05) is 11.9 Å². The second kappa shape index (κ2) is 7.72. The number of rotatable bonds is 6. The van der Waals surface area contributed by atoms with Crippen molar-refractivity contribution in [3.63, 3.8) is 0 Å². The van der Waals surface area contributed by atoms with Crippen molar-refractivity contribution < 1.29 is 26.7 Å². The van der Waals surface area contributed by atoms with Crippen molar-refractivity contribution in [1.82, 2.24) is 0 Å². The second-order valence-electron chi connectivity index (χ2n) is 4.77. The summed E-state index contributed by atoms with van der Waals surface area (Å²) in [6, 6.07) is 12.6. The molecule has 0 spiro atoms. The van der Waals surface area contributed by atoms with E-state index >= 15 is 0 Å². The molecular formula is C16H12F2N2O4S. The van der Waals surface area contributed by atoms with E-state index < -0.39 is 26.4 Å². The minimum atomic E-state index is -4.68. The van der Waals surface area contributed by atoms with Crippen molar-refractivity contribution in [3.8, 4) is 11.8 Å². The number of nitrogens with zero attached hydrogens (tertiary/aromatic N) is 1. The van der Waals surface area contributed by atoms with Gasteiger partial charge in [0.2, 0.25) is 9.84 Å². The summed E-state index contributed by atoms with van der Waals surface area (Å²) < 4.78 is 52.7. The minimum absolute atomic E-state index is 0.218. The zero-order chi connectivity index (χ0) is 18.4. The molecule has 0 radical (unpaired) electrons. The van der Waals surface area contributed by atoms with Crippen LogP contribution < -0.4 is 10.1 Å². The summed E-state index contributed by atoms with van der Waals surface area (Å²) in [5.74, 6) is -3.82. The number of carbonyl (C=O) groups excluding carboxylic acids is 1. The van der Waals surface area contributed by atoms with Crippen molar-refractivity contribution in [3.05, 3.63) is 54.1 Å². The molecule has 0 heterocycles. The van der Waals surface area contributed by atoms with Gasteiger partial charge >= 0.3 is 5.76 Å². The van der Waals surface area contributed by atoms with Gasteiger partial charge in [0.1, 0.15) is 11.8 Å². The van der Waals surface area contributed by atoms with Gasteiger partial charge in [0.15, 0.2) is 6.61 Å². The number of benzene rings is 2. The molecule has 130 valence electrons. The van der Waals surface area contributed by atoms with E-state index in [2.05, 4.69) is 5.32 Å². The third-order valence-corrected chi connectivity index (χ3v) is 4.47. The molecule has 9 heteroatoms. The first-order chi connectivity index (χ1) is 11.8. The van der Waals surface area contributed by atoms with Gasteiger partial charge in [-0.05, 0) is 36.4 Å². The second-order valence-corrected chi connectivity index (χ2v) is 6.69. The predicted octanol–water partition coefficient (Wildman–Crippen LogP) is 2.57. The Hall–Kier alpha value is -2.99. The summed E-state index contributed by atoms with van der Waals surface area (Å²) in [7, 11) is -4.68. The Balaban J connectivity index is 1.98. The summed E-state index contributed by atoms with van der Waals surface area (Å²) in [6.07, 6.45) is 0. The summed E-state index contributed by atoms with van der Waals surface area (Å²) in [5, 5.41) is 11.3. The molecule has 0 aliphatic carbocycles. The zero-order valence-electron chi connectivity index (χ0n) is 12.6. The topological polar surface area (TPSA) is 96.3 Å². The zero-order valence-corrected chi connectivity index (χ0v) is 13.5. The summed E-state index contributed by atoms with van der Waals surface area (Å²) >= 11 is 0. The number of amides is 1. The molecule has 0 saturated carbocycles. The van der Waals surface area contributed by atoms with E-state index in [-0.39, 0.29) is 23.6 Å². The van der Waals surface area contributed by atoms with E-state index in [0.29, 0.717) is 0 Å². The van der Waals surface area contributed by atoms with Crippen LogP contribution >= 0.6 is 0 Å². The van der Waals surface area contributed by atoms with E-state index in [0.717, 1.165) is 12.1 Å². The number of carbonyl (C=O) groups is 1. The maximum absolute atomic E-state index is 12.4. The maximum atomic E-state index is 12.4. The van der Waals surface area contributed by atoms with Crippen LogP contribution in [0.1, 0.15) is 5.56 Å². The molecule has 6 nitrogen and oxygen atoms in total. The molecule has 0 aliphatic heterocycles. The highest BCUT2D eigenvalue weighted by molar-refractivity contribution is 7.91. The third-order valence-electron chi connectivity index (χ3n) is 3.07. The number of nitriles is 1. The van der Waals surface area contributed by atoms with E-state index in [1.54, 1.807) is 12.1 Å². The standard InChI is InChI=1S/C16H12F2N2O4S/c17-16(18)25(22,23)13-7-5-12(6-8-13)20-15(21)10-24-14-4-2-1-3-11(14)9-19/h1-8,16H,10H2,(H,20,21). The van der Waals surface area contributed by atoms with Gasteiger partial charge in [0, 0.05) is 5.69 Å². The highest BCUT2D eigenvalue weighted by Gasteiger charge is 2.26. The number of hydrogen-bond donors (Lipinski definition) is 1. The number of nitrogens with one attached hydrogen (secondary N) is 1. The Labute approximate surface area is 142 Å². The Kier molecular flexibility index (Phi) is 5.67. The van der Waals surface area contributed by atoms with Crippen LogP contribution in [-0.2, 0) is 14.6 Å². The largest absolute Gasteiger partial charge is 0.482 e. The van der Waals surface area contributed by atoms with Gasteiger partial charge in [0.05, 0.1) is 10.5 Å². The number of hydrogen-bond acceptors (Lipinski definition) is 5. The Bertz CT molecular complexity index is 906. The SMILES string of the molecule is N#Cc1ccccc1OCC(=O)Nc1ccc(S(=O)(=O)C(F)F)cc1. The highest BCUT2D eigenvalue weighted by Crippen LogP contribution is 2.20. The van der Waals surface area contributed by atoms with Crippen molar-refractivity contribution in [2.45, 2.75) is 10.7 Å². The molecule has 0 saturated heterocycles. The molecule has 0 bridgehead atoms. The van der Waals surface area contributed by atoms with Crippen molar-refractivity contribution >= 4 is 21.4 Å². The molecule has 2 aromatic carbocycles. The monoisotopic (exact) mass is 366 g/mol. The Morgan fingerprint density at radius 3 is 2.40 bits per heavy atom. The lowest BCUT2D eigenvalue weighted by molar-refractivity contribution is -0.118. The fraction of sp³-hybridized carbons (Fsp3) is 0.125. The number of sulfone groups is 1. The van der Waals surface area contributed by atoms with Crippen molar-refractivity contribution in [2.24, 2.45) is 0 Å². The van der Waals surface area contributed by atoms with Crippen LogP contribution in [0, 0.1) is 11.3 Å². The van der Waals surface area contributed by atoms with Gasteiger partial charge in [0.25, 0.3) is 5.91 Å². The molecule has 0 aliphatic rings. The summed E-state index contributed by atoms with van der Waals surface area (Å²) in [4.78, 5) is 11.3. The number of ether oxygens (including phenoxy) is 1. The minimum Gasteiger partial charge on any atom is -0.482 e. The van der Waals surface area contributed by atoms with E-state index in [1.807, 2.05) is 6.07 Å². The molecule has 2 aromatic rings. The summed E-state index contributed by atoms with van der Waals surface area (Å²) in [6.45, 7) is -0.379.